The molecule has 0 aliphatic carbocycles. The molecular weight excluding hydrogens is 218 g/mol. The van der Waals surface area contributed by atoms with Crippen molar-refractivity contribution in [2.75, 3.05) is 26.7 Å². The summed E-state index contributed by atoms with van der Waals surface area (Å²) in [4.78, 5) is 17.7. The number of aromatic nitrogens is 1. The summed E-state index contributed by atoms with van der Waals surface area (Å²) >= 11 is 0. The summed E-state index contributed by atoms with van der Waals surface area (Å²) in [6.07, 6.45) is 3.69. The summed E-state index contributed by atoms with van der Waals surface area (Å²) in [5.41, 5.74) is 0.656. The van der Waals surface area contributed by atoms with E-state index in [1.165, 1.54) is 19.2 Å². The molecule has 2 rings (SSSR count). The van der Waals surface area contributed by atoms with E-state index in [-0.39, 0.29) is 5.91 Å². The van der Waals surface area contributed by atoms with Crippen LogP contribution in [0.3, 0.4) is 0 Å². The van der Waals surface area contributed by atoms with E-state index >= 15 is 0 Å². The Morgan fingerprint density at radius 3 is 3.12 bits per heavy atom. The second-order valence-corrected chi connectivity index (χ2v) is 4.66. The fourth-order valence-electron chi connectivity index (χ4n) is 2.23. The lowest BCUT2D eigenvalue weighted by Crippen LogP contribution is -2.39. The number of carbonyl (C=O) groups is 1. The Bertz CT molecular complexity index is 383. The molecule has 1 fully saturated rings. The fraction of sp³-hybridized carbons (Fsp3) is 0.667. The highest BCUT2D eigenvalue weighted by atomic mass is 16.3. The van der Waals surface area contributed by atoms with E-state index in [4.69, 9.17) is 4.42 Å². The van der Waals surface area contributed by atoms with Crippen LogP contribution in [0.1, 0.15) is 29.1 Å². The number of hydrogen-bond donors (Lipinski definition) is 1. The molecule has 1 aromatic rings. The normalized spacial score (nSPS) is 20.2. The maximum atomic E-state index is 12.1. The first-order valence-corrected chi connectivity index (χ1v) is 6.04. The third kappa shape index (κ3) is 2.85. The first-order valence-electron chi connectivity index (χ1n) is 6.04. The van der Waals surface area contributed by atoms with Gasteiger partial charge >= 0.3 is 0 Å². The first-order chi connectivity index (χ1) is 8.18. The molecule has 0 spiro atoms. The number of carbonyl (C=O) groups excluding carboxylic acids is 1. The summed E-state index contributed by atoms with van der Waals surface area (Å²) in [7, 11) is 1.82. The Kier molecular flexibility index (Phi) is 3.78. The van der Waals surface area contributed by atoms with Crippen molar-refractivity contribution in [1.29, 1.82) is 0 Å². The minimum Gasteiger partial charge on any atom is -0.438 e. The number of nitrogens with one attached hydrogen (secondary N) is 1. The average Bonchev–Trinajstić information content (AvgIpc) is 2.76. The molecular formula is C12H19N3O2. The van der Waals surface area contributed by atoms with E-state index in [0.717, 1.165) is 19.6 Å². The second kappa shape index (κ2) is 5.31. The van der Waals surface area contributed by atoms with Crippen molar-refractivity contribution >= 4 is 5.91 Å². The summed E-state index contributed by atoms with van der Waals surface area (Å²) in [5, 5.41) is 3.35. The van der Waals surface area contributed by atoms with E-state index in [9.17, 15) is 4.79 Å². The Balaban J connectivity index is 1.93. The quantitative estimate of drug-likeness (QED) is 0.854. The Hall–Kier alpha value is -1.36. The molecule has 1 unspecified atom stereocenters. The van der Waals surface area contributed by atoms with Crippen LogP contribution in [0, 0.1) is 12.8 Å². The summed E-state index contributed by atoms with van der Waals surface area (Å²) in [5.74, 6) is 0.822. The van der Waals surface area contributed by atoms with Crippen LogP contribution in [-0.2, 0) is 0 Å². The molecule has 1 N–H and O–H groups in total. The van der Waals surface area contributed by atoms with E-state index in [0.29, 0.717) is 17.4 Å². The third-order valence-electron chi connectivity index (χ3n) is 3.22. The highest BCUT2D eigenvalue weighted by molar-refractivity contribution is 5.92. The van der Waals surface area contributed by atoms with Gasteiger partial charge in [-0.15, -0.1) is 0 Å². The number of aryl methyl sites for hydroxylation is 1. The van der Waals surface area contributed by atoms with Crippen LogP contribution < -0.4 is 5.32 Å². The molecule has 1 saturated heterocycles. The van der Waals surface area contributed by atoms with Gasteiger partial charge in [-0.2, -0.15) is 0 Å². The number of piperidine rings is 1. The fourth-order valence-corrected chi connectivity index (χ4v) is 2.23. The molecule has 1 amide bonds. The maximum Gasteiger partial charge on any atom is 0.291 e. The predicted molar refractivity (Wildman–Crippen MR) is 63.8 cm³/mol. The van der Waals surface area contributed by atoms with Crippen molar-refractivity contribution in [3.05, 3.63) is 17.8 Å². The number of nitrogens with zero attached hydrogens (tertiary/aromatic N) is 2. The molecule has 94 valence electrons. The van der Waals surface area contributed by atoms with Gasteiger partial charge in [0.05, 0.1) is 5.69 Å². The highest BCUT2D eigenvalue weighted by Crippen LogP contribution is 2.14. The summed E-state index contributed by atoms with van der Waals surface area (Å²) in [6.45, 7) is 4.64. The molecule has 1 aromatic heterocycles. The summed E-state index contributed by atoms with van der Waals surface area (Å²) in [6, 6.07) is 0. The van der Waals surface area contributed by atoms with Crippen molar-refractivity contribution in [2.24, 2.45) is 5.92 Å². The van der Waals surface area contributed by atoms with Crippen LogP contribution in [0.5, 0.6) is 0 Å². The molecule has 5 nitrogen and oxygen atoms in total. The van der Waals surface area contributed by atoms with E-state index in [1.54, 1.807) is 11.8 Å². The van der Waals surface area contributed by atoms with Gasteiger partial charge in [0.15, 0.2) is 6.39 Å². The van der Waals surface area contributed by atoms with Crippen LogP contribution >= 0.6 is 0 Å². The minimum atomic E-state index is -0.0782. The summed E-state index contributed by atoms with van der Waals surface area (Å²) < 4.78 is 5.12. The smallest absolute Gasteiger partial charge is 0.291 e. The van der Waals surface area contributed by atoms with Crippen molar-refractivity contribution in [3.63, 3.8) is 0 Å². The lowest BCUT2D eigenvalue weighted by molar-refractivity contribution is 0.0732. The maximum absolute atomic E-state index is 12.1. The zero-order valence-corrected chi connectivity index (χ0v) is 10.4. The van der Waals surface area contributed by atoms with Gasteiger partial charge in [-0.25, -0.2) is 4.98 Å². The monoisotopic (exact) mass is 237 g/mol. The second-order valence-electron chi connectivity index (χ2n) is 4.66. The molecule has 1 atom stereocenters. The molecule has 0 saturated carbocycles. The zero-order chi connectivity index (χ0) is 12.3. The lowest BCUT2D eigenvalue weighted by Gasteiger charge is -2.27. The minimum absolute atomic E-state index is 0.0782. The van der Waals surface area contributed by atoms with Gasteiger partial charge in [0.1, 0.15) is 0 Å². The molecule has 0 bridgehead atoms. The molecule has 5 heteroatoms. The van der Waals surface area contributed by atoms with Crippen LogP contribution in [0.15, 0.2) is 10.8 Å². The number of amides is 1. The van der Waals surface area contributed by atoms with Crippen molar-refractivity contribution in [2.45, 2.75) is 19.8 Å². The van der Waals surface area contributed by atoms with Gasteiger partial charge in [0.2, 0.25) is 5.76 Å². The van der Waals surface area contributed by atoms with Gasteiger partial charge in [0, 0.05) is 13.6 Å². The van der Waals surface area contributed by atoms with E-state index in [1.807, 2.05) is 7.05 Å². The molecule has 17 heavy (non-hydrogen) atoms. The average molecular weight is 237 g/mol. The van der Waals surface area contributed by atoms with Gasteiger partial charge in [-0.3, -0.25) is 4.79 Å². The number of hydrogen-bond acceptors (Lipinski definition) is 4. The van der Waals surface area contributed by atoms with Crippen molar-refractivity contribution in [1.82, 2.24) is 15.2 Å². The topological polar surface area (TPSA) is 58.4 Å². The van der Waals surface area contributed by atoms with Gasteiger partial charge in [-0.05, 0) is 38.8 Å². The molecule has 1 aliphatic rings. The lowest BCUT2D eigenvalue weighted by atomic mass is 9.99. The SMILES string of the molecule is Cc1ncoc1C(=O)N(C)CC1CCCNC1. The molecule has 0 aromatic carbocycles. The van der Waals surface area contributed by atoms with Crippen LogP contribution in [0.4, 0.5) is 0 Å². The first kappa shape index (κ1) is 12.1. The number of oxazole rings is 1. The van der Waals surface area contributed by atoms with Gasteiger partial charge < -0.3 is 14.6 Å². The van der Waals surface area contributed by atoms with E-state index in [2.05, 4.69) is 10.3 Å². The van der Waals surface area contributed by atoms with Crippen LogP contribution in [-0.4, -0.2) is 42.5 Å². The number of rotatable bonds is 3. The third-order valence-corrected chi connectivity index (χ3v) is 3.22. The molecule has 2 heterocycles. The Morgan fingerprint density at radius 2 is 2.53 bits per heavy atom. The van der Waals surface area contributed by atoms with Gasteiger partial charge in [0.25, 0.3) is 5.91 Å². The van der Waals surface area contributed by atoms with Crippen LogP contribution in [0.2, 0.25) is 0 Å². The van der Waals surface area contributed by atoms with E-state index < -0.39 is 0 Å². The zero-order valence-electron chi connectivity index (χ0n) is 10.4. The van der Waals surface area contributed by atoms with Crippen LogP contribution in [0.25, 0.3) is 0 Å². The van der Waals surface area contributed by atoms with Crippen molar-refractivity contribution in [3.8, 4) is 0 Å². The standard InChI is InChI=1S/C12H19N3O2/c1-9-11(17-8-14-9)12(16)15(2)7-10-4-3-5-13-6-10/h8,10,13H,3-7H2,1-2H3. The molecule has 0 radical (unpaired) electrons. The molecule has 1 aliphatic heterocycles. The highest BCUT2D eigenvalue weighted by Gasteiger charge is 2.22. The predicted octanol–water partition coefficient (Wildman–Crippen LogP) is 1.05. The van der Waals surface area contributed by atoms with Crippen molar-refractivity contribution < 1.29 is 9.21 Å². The Morgan fingerprint density at radius 1 is 1.71 bits per heavy atom. The van der Waals surface area contributed by atoms with Gasteiger partial charge in [-0.1, -0.05) is 0 Å². The Labute approximate surface area is 101 Å². The largest absolute Gasteiger partial charge is 0.438 e.